The second kappa shape index (κ2) is 4.73. The molecule has 0 aliphatic heterocycles. The van der Waals surface area contributed by atoms with E-state index in [0.29, 0.717) is 16.7 Å². The van der Waals surface area contributed by atoms with E-state index in [9.17, 15) is 10.2 Å². The van der Waals surface area contributed by atoms with Crippen molar-refractivity contribution in [3.05, 3.63) is 41.5 Å². The molecule has 114 valence electrons. The number of phenolic OH excluding ortho intramolecular Hbond substituents is 2. The van der Waals surface area contributed by atoms with Gasteiger partial charge in [-0.2, -0.15) is 0 Å². The van der Waals surface area contributed by atoms with Crippen molar-refractivity contribution in [1.82, 2.24) is 15.0 Å². The lowest BCUT2D eigenvalue weighted by Gasteiger charge is -2.22. The predicted octanol–water partition coefficient (Wildman–Crippen LogP) is 3.44. The van der Waals surface area contributed by atoms with Crippen molar-refractivity contribution >= 4 is 11.0 Å². The van der Waals surface area contributed by atoms with Gasteiger partial charge in [0.25, 0.3) is 0 Å². The van der Waals surface area contributed by atoms with E-state index in [1.807, 2.05) is 39.8 Å². The highest BCUT2D eigenvalue weighted by Gasteiger charge is 2.22. The van der Waals surface area contributed by atoms with Gasteiger partial charge in [0.1, 0.15) is 22.7 Å². The minimum atomic E-state index is -0.195. The number of hydrogen-bond acceptors (Lipinski definition) is 4. The fourth-order valence-electron chi connectivity index (χ4n) is 2.51. The Balaban J connectivity index is 2.26. The largest absolute Gasteiger partial charge is 0.506 e. The van der Waals surface area contributed by atoms with E-state index in [4.69, 9.17) is 0 Å². The molecule has 0 spiro atoms. The molecule has 0 saturated carbocycles. The average Bonchev–Trinajstić information content (AvgIpc) is 2.85. The minimum absolute atomic E-state index is 0.0759. The van der Waals surface area contributed by atoms with Gasteiger partial charge >= 0.3 is 0 Å². The fourth-order valence-corrected chi connectivity index (χ4v) is 2.51. The fraction of sp³-hybridized carbons (Fsp3) is 0.294. The molecule has 22 heavy (non-hydrogen) atoms. The smallest absolute Gasteiger partial charge is 0.155 e. The monoisotopic (exact) mass is 297 g/mol. The van der Waals surface area contributed by atoms with Crippen LogP contribution in [0.1, 0.15) is 31.9 Å². The second-order valence-corrected chi connectivity index (χ2v) is 6.56. The van der Waals surface area contributed by atoms with Crippen molar-refractivity contribution in [3.63, 3.8) is 0 Å². The summed E-state index contributed by atoms with van der Waals surface area (Å²) in [5, 5.41) is 29.2. The zero-order valence-corrected chi connectivity index (χ0v) is 13.1. The van der Waals surface area contributed by atoms with Gasteiger partial charge in [-0.3, -0.25) is 0 Å². The van der Waals surface area contributed by atoms with E-state index >= 15 is 0 Å². The first-order chi connectivity index (χ1) is 10.3. The predicted molar refractivity (Wildman–Crippen MR) is 85.6 cm³/mol. The van der Waals surface area contributed by atoms with Gasteiger partial charge in [0.2, 0.25) is 0 Å². The summed E-state index contributed by atoms with van der Waals surface area (Å²) in [6, 6.07) is 8.86. The van der Waals surface area contributed by atoms with Crippen molar-refractivity contribution < 1.29 is 10.2 Å². The molecule has 0 radical (unpaired) electrons. The van der Waals surface area contributed by atoms with Gasteiger partial charge in [-0.05, 0) is 36.1 Å². The van der Waals surface area contributed by atoms with Crippen LogP contribution in [0.4, 0.5) is 0 Å². The van der Waals surface area contributed by atoms with Gasteiger partial charge in [-0.25, -0.2) is 0 Å². The van der Waals surface area contributed by atoms with Crippen LogP contribution in [-0.2, 0) is 5.41 Å². The number of benzene rings is 2. The van der Waals surface area contributed by atoms with Gasteiger partial charge in [0.05, 0.1) is 0 Å². The highest BCUT2D eigenvalue weighted by molar-refractivity contribution is 5.80. The quantitative estimate of drug-likeness (QED) is 0.722. The summed E-state index contributed by atoms with van der Waals surface area (Å²) in [6.45, 7) is 8.11. The Morgan fingerprint density at radius 2 is 1.77 bits per heavy atom. The second-order valence-electron chi connectivity index (χ2n) is 6.56. The number of aryl methyl sites for hydroxylation is 1. The maximum atomic E-state index is 10.6. The van der Waals surface area contributed by atoms with Crippen LogP contribution in [0, 0.1) is 6.92 Å². The van der Waals surface area contributed by atoms with Crippen molar-refractivity contribution in [3.8, 4) is 17.2 Å². The van der Waals surface area contributed by atoms with Crippen LogP contribution < -0.4 is 0 Å². The van der Waals surface area contributed by atoms with Gasteiger partial charge in [0, 0.05) is 5.56 Å². The summed E-state index contributed by atoms with van der Waals surface area (Å²) in [7, 11) is 0. The molecular weight excluding hydrogens is 278 g/mol. The molecule has 5 heteroatoms. The lowest BCUT2D eigenvalue weighted by atomic mass is 9.85. The number of phenols is 2. The van der Waals surface area contributed by atoms with Crippen LogP contribution in [0.2, 0.25) is 0 Å². The van der Waals surface area contributed by atoms with Crippen LogP contribution in [0.25, 0.3) is 16.7 Å². The molecule has 2 aromatic carbocycles. The summed E-state index contributed by atoms with van der Waals surface area (Å²) in [5.41, 5.74) is 3.18. The highest BCUT2D eigenvalue weighted by Crippen LogP contribution is 2.36. The summed E-state index contributed by atoms with van der Waals surface area (Å²) in [4.78, 5) is 1.38. The maximum absolute atomic E-state index is 10.6. The van der Waals surface area contributed by atoms with Crippen molar-refractivity contribution in [2.75, 3.05) is 0 Å². The number of hydrogen-bond donors (Lipinski definition) is 2. The Morgan fingerprint density at radius 3 is 2.41 bits per heavy atom. The van der Waals surface area contributed by atoms with E-state index in [0.717, 1.165) is 11.1 Å². The number of aromatic hydroxyl groups is 2. The standard InChI is InChI=1S/C17H19N3O2/c1-10-8-11(17(2,3)4)16(22)13(9-10)20-18-12-6-5-7-14(21)15(12)19-20/h5-9,21-22H,1-4H3. The van der Waals surface area contributed by atoms with Gasteiger partial charge in [-0.1, -0.05) is 32.9 Å². The molecule has 0 atom stereocenters. The van der Waals surface area contributed by atoms with Gasteiger partial charge < -0.3 is 10.2 Å². The molecule has 0 unspecified atom stereocenters. The van der Waals surface area contributed by atoms with Gasteiger partial charge in [-0.15, -0.1) is 15.0 Å². The summed E-state index contributed by atoms with van der Waals surface area (Å²) in [6.07, 6.45) is 0. The Kier molecular flexibility index (Phi) is 3.09. The highest BCUT2D eigenvalue weighted by atomic mass is 16.3. The summed E-state index contributed by atoms with van der Waals surface area (Å²) in [5.74, 6) is 0.241. The van der Waals surface area contributed by atoms with Crippen LogP contribution in [-0.4, -0.2) is 25.2 Å². The first-order valence-corrected chi connectivity index (χ1v) is 7.17. The third kappa shape index (κ3) is 2.28. The van der Waals surface area contributed by atoms with E-state index in [2.05, 4.69) is 10.2 Å². The Labute approximate surface area is 128 Å². The third-order valence-electron chi connectivity index (χ3n) is 3.65. The van der Waals surface area contributed by atoms with E-state index < -0.39 is 0 Å². The van der Waals surface area contributed by atoms with Crippen LogP contribution in [0.5, 0.6) is 11.5 Å². The van der Waals surface area contributed by atoms with Gasteiger partial charge in [0.15, 0.2) is 5.52 Å². The zero-order chi connectivity index (χ0) is 16.1. The molecule has 5 nitrogen and oxygen atoms in total. The molecule has 1 heterocycles. The Bertz CT molecular complexity index is 860. The summed E-state index contributed by atoms with van der Waals surface area (Å²) < 4.78 is 0. The van der Waals surface area contributed by atoms with E-state index in [1.165, 1.54) is 4.80 Å². The third-order valence-corrected chi connectivity index (χ3v) is 3.65. The molecular formula is C17H19N3O2. The van der Waals surface area contributed by atoms with Crippen LogP contribution in [0.15, 0.2) is 30.3 Å². The zero-order valence-electron chi connectivity index (χ0n) is 13.1. The number of nitrogens with zero attached hydrogens (tertiary/aromatic N) is 3. The molecule has 3 aromatic rings. The van der Waals surface area contributed by atoms with Crippen LogP contribution in [0.3, 0.4) is 0 Å². The lowest BCUT2D eigenvalue weighted by molar-refractivity contribution is 0.440. The maximum Gasteiger partial charge on any atom is 0.155 e. The summed E-state index contributed by atoms with van der Waals surface area (Å²) >= 11 is 0. The minimum Gasteiger partial charge on any atom is -0.506 e. The van der Waals surface area contributed by atoms with Crippen molar-refractivity contribution in [1.29, 1.82) is 0 Å². The first-order valence-electron chi connectivity index (χ1n) is 7.17. The molecule has 1 aromatic heterocycles. The Morgan fingerprint density at radius 1 is 1.05 bits per heavy atom. The van der Waals surface area contributed by atoms with Crippen molar-refractivity contribution in [2.45, 2.75) is 33.1 Å². The van der Waals surface area contributed by atoms with Crippen molar-refractivity contribution in [2.24, 2.45) is 0 Å². The van der Waals surface area contributed by atoms with Crippen LogP contribution >= 0.6 is 0 Å². The molecule has 0 bridgehead atoms. The molecule has 0 aliphatic carbocycles. The topological polar surface area (TPSA) is 71.2 Å². The Hall–Kier alpha value is -2.56. The van der Waals surface area contributed by atoms with E-state index in [1.54, 1.807) is 18.2 Å². The van der Waals surface area contributed by atoms with E-state index in [-0.39, 0.29) is 16.9 Å². The lowest BCUT2D eigenvalue weighted by Crippen LogP contribution is -2.13. The molecule has 2 N–H and O–H groups in total. The molecule has 0 aliphatic rings. The number of rotatable bonds is 1. The number of fused-ring (bicyclic) bond motifs is 1. The average molecular weight is 297 g/mol. The normalized spacial score (nSPS) is 12.0. The molecule has 0 fully saturated rings. The SMILES string of the molecule is Cc1cc(-n2nc3cccc(O)c3n2)c(O)c(C(C)(C)C)c1. The first kappa shape index (κ1) is 14.4. The molecule has 0 saturated heterocycles. The molecule has 3 rings (SSSR count). The number of aromatic nitrogens is 3. The molecule has 0 amide bonds.